The van der Waals surface area contributed by atoms with Crippen molar-refractivity contribution in [3.63, 3.8) is 0 Å². The minimum atomic E-state index is -0.119. The molecular formula is C20H17N5O3. The van der Waals surface area contributed by atoms with E-state index >= 15 is 0 Å². The first-order valence-corrected chi connectivity index (χ1v) is 8.98. The van der Waals surface area contributed by atoms with E-state index in [1.165, 1.54) is 6.26 Å². The lowest BCUT2D eigenvalue weighted by Crippen LogP contribution is -2.36. The Morgan fingerprint density at radius 1 is 1.29 bits per heavy atom. The van der Waals surface area contributed by atoms with Gasteiger partial charge in [-0.25, -0.2) is 0 Å². The lowest BCUT2D eigenvalue weighted by molar-refractivity contribution is 0.0702. The standard InChI is InChI=1S/C20H17N5O3/c1-12-17(18-23-19(28-24-18)15-4-2-7-21-15)14-6-8-25(11-13(14)10-22-12)20(26)16-5-3-9-27-16/h2-5,7,9-10,21H,6,8,11H2,1H3. The van der Waals surface area contributed by atoms with Gasteiger partial charge in [-0.2, -0.15) is 4.98 Å². The molecule has 5 rings (SSSR count). The summed E-state index contributed by atoms with van der Waals surface area (Å²) in [5, 5.41) is 4.16. The minimum absolute atomic E-state index is 0.119. The molecule has 8 heteroatoms. The summed E-state index contributed by atoms with van der Waals surface area (Å²) in [5.74, 6) is 1.17. The second-order valence-corrected chi connectivity index (χ2v) is 6.68. The van der Waals surface area contributed by atoms with E-state index in [0.29, 0.717) is 37.0 Å². The minimum Gasteiger partial charge on any atom is -0.459 e. The summed E-state index contributed by atoms with van der Waals surface area (Å²) >= 11 is 0. The zero-order valence-corrected chi connectivity index (χ0v) is 15.2. The molecule has 4 aromatic heterocycles. The Bertz CT molecular complexity index is 1130. The number of amides is 1. The first-order valence-electron chi connectivity index (χ1n) is 8.98. The summed E-state index contributed by atoms with van der Waals surface area (Å²) < 4.78 is 10.7. The predicted octanol–water partition coefficient (Wildman–Crippen LogP) is 3.23. The van der Waals surface area contributed by atoms with Crippen LogP contribution in [-0.4, -0.2) is 37.5 Å². The maximum atomic E-state index is 12.6. The molecular weight excluding hydrogens is 358 g/mol. The molecule has 1 aliphatic rings. The Balaban J connectivity index is 1.49. The van der Waals surface area contributed by atoms with Crippen molar-refractivity contribution in [3.05, 3.63) is 65.5 Å². The number of carbonyl (C=O) groups excluding carboxylic acids is 1. The van der Waals surface area contributed by atoms with Crippen LogP contribution in [0.15, 0.2) is 51.9 Å². The van der Waals surface area contributed by atoms with Crippen molar-refractivity contribution in [1.29, 1.82) is 0 Å². The molecule has 0 aliphatic carbocycles. The second-order valence-electron chi connectivity index (χ2n) is 6.68. The van der Waals surface area contributed by atoms with E-state index in [9.17, 15) is 4.79 Å². The molecule has 0 atom stereocenters. The van der Waals surface area contributed by atoms with Crippen LogP contribution in [0.4, 0.5) is 0 Å². The fourth-order valence-electron chi connectivity index (χ4n) is 3.57. The third kappa shape index (κ3) is 2.70. The van der Waals surface area contributed by atoms with Crippen LogP contribution in [-0.2, 0) is 13.0 Å². The number of hydrogen-bond acceptors (Lipinski definition) is 6. The zero-order chi connectivity index (χ0) is 19.1. The number of aryl methyl sites for hydroxylation is 1. The number of hydrogen-bond donors (Lipinski definition) is 1. The van der Waals surface area contributed by atoms with Gasteiger partial charge in [0, 0.05) is 36.7 Å². The van der Waals surface area contributed by atoms with Crippen LogP contribution in [0.2, 0.25) is 0 Å². The van der Waals surface area contributed by atoms with Crippen LogP contribution in [0.25, 0.3) is 23.0 Å². The average Bonchev–Trinajstić information content (AvgIpc) is 3.49. The van der Waals surface area contributed by atoms with Gasteiger partial charge in [-0.05, 0) is 48.7 Å². The summed E-state index contributed by atoms with van der Waals surface area (Å²) in [4.78, 5) is 26.5. The van der Waals surface area contributed by atoms with Gasteiger partial charge in [-0.1, -0.05) is 5.16 Å². The highest BCUT2D eigenvalue weighted by Gasteiger charge is 2.28. The number of rotatable bonds is 3. The molecule has 0 aromatic carbocycles. The van der Waals surface area contributed by atoms with Crippen molar-refractivity contribution in [1.82, 2.24) is 25.0 Å². The number of nitrogens with zero attached hydrogens (tertiary/aromatic N) is 4. The normalized spacial score (nSPS) is 13.5. The van der Waals surface area contributed by atoms with Gasteiger partial charge in [0.05, 0.1) is 6.26 Å². The highest BCUT2D eigenvalue weighted by Crippen LogP contribution is 2.32. The highest BCUT2D eigenvalue weighted by atomic mass is 16.5. The Hall–Kier alpha value is -3.68. The van der Waals surface area contributed by atoms with Crippen molar-refractivity contribution in [3.8, 4) is 23.0 Å². The SMILES string of the molecule is Cc1ncc2c(c1-c1noc(-c3ccc[nH]3)n1)CCN(C(=O)c1ccco1)C2. The maximum absolute atomic E-state index is 12.6. The first kappa shape index (κ1) is 16.5. The molecule has 1 aliphatic heterocycles. The van der Waals surface area contributed by atoms with E-state index in [1.54, 1.807) is 23.2 Å². The van der Waals surface area contributed by atoms with Gasteiger partial charge in [-0.3, -0.25) is 9.78 Å². The molecule has 4 aromatic rings. The van der Waals surface area contributed by atoms with Gasteiger partial charge in [0.15, 0.2) is 5.76 Å². The molecule has 0 saturated carbocycles. The fraction of sp³-hybridized carbons (Fsp3) is 0.200. The summed E-state index contributed by atoms with van der Waals surface area (Å²) in [5.41, 5.74) is 4.57. The number of aromatic nitrogens is 4. The van der Waals surface area contributed by atoms with E-state index in [1.807, 2.05) is 25.3 Å². The van der Waals surface area contributed by atoms with E-state index in [2.05, 4.69) is 20.1 Å². The molecule has 0 bridgehead atoms. The van der Waals surface area contributed by atoms with E-state index in [-0.39, 0.29) is 5.91 Å². The summed E-state index contributed by atoms with van der Waals surface area (Å²) in [7, 11) is 0. The fourth-order valence-corrected chi connectivity index (χ4v) is 3.57. The number of nitrogens with one attached hydrogen (secondary N) is 1. The Morgan fingerprint density at radius 2 is 2.21 bits per heavy atom. The van der Waals surface area contributed by atoms with E-state index < -0.39 is 0 Å². The summed E-state index contributed by atoms with van der Waals surface area (Å²) in [6.07, 6.45) is 5.82. The molecule has 8 nitrogen and oxygen atoms in total. The van der Waals surface area contributed by atoms with E-state index in [0.717, 1.165) is 28.1 Å². The van der Waals surface area contributed by atoms with Crippen LogP contribution in [0.5, 0.6) is 0 Å². The molecule has 1 amide bonds. The molecule has 0 saturated heterocycles. The third-order valence-electron chi connectivity index (χ3n) is 4.96. The Morgan fingerprint density at radius 3 is 3.00 bits per heavy atom. The van der Waals surface area contributed by atoms with Crippen molar-refractivity contribution in [2.24, 2.45) is 0 Å². The lowest BCUT2D eigenvalue weighted by atomic mass is 9.94. The lowest BCUT2D eigenvalue weighted by Gasteiger charge is -2.29. The quantitative estimate of drug-likeness (QED) is 0.590. The molecule has 28 heavy (non-hydrogen) atoms. The first-order chi connectivity index (χ1) is 13.7. The predicted molar refractivity (Wildman–Crippen MR) is 99.2 cm³/mol. The maximum Gasteiger partial charge on any atom is 0.289 e. The number of carbonyl (C=O) groups is 1. The molecule has 0 spiro atoms. The monoisotopic (exact) mass is 375 g/mol. The smallest absolute Gasteiger partial charge is 0.289 e. The van der Waals surface area contributed by atoms with Crippen molar-refractivity contribution in [2.45, 2.75) is 19.9 Å². The zero-order valence-electron chi connectivity index (χ0n) is 15.2. The van der Waals surface area contributed by atoms with Crippen LogP contribution < -0.4 is 0 Å². The molecule has 0 fully saturated rings. The second kappa shape index (κ2) is 6.49. The summed E-state index contributed by atoms with van der Waals surface area (Å²) in [6.45, 7) is 2.99. The molecule has 0 radical (unpaired) electrons. The van der Waals surface area contributed by atoms with E-state index in [4.69, 9.17) is 8.94 Å². The van der Waals surface area contributed by atoms with Crippen molar-refractivity contribution in [2.75, 3.05) is 6.54 Å². The number of fused-ring (bicyclic) bond motifs is 1. The van der Waals surface area contributed by atoms with Gasteiger partial charge in [-0.15, -0.1) is 0 Å². The van der Waals surface area contributed by atoms with Crippen molar-refractivity contribution < 1.29 is 13.7 Å². The van der Waals surface area contributed by atoms with Crippen LogP contribution in [0.3, 0.4) is 0 Å². The number of H-pyrrole nitrogens is 1. The Labute approximate surface area is 160 Å². The molecule has 140 valence electrons. The van der Waals surface area contributed by atoms with Crippen LogP contribution in [0, 0.1) is 6.92 Å². The largest absolute Gasteiger partial charge is 0.459 e. The van der Waals surface area contributed by atoms with Gasteiger partial charge >= 0.3 is 0 Å². The molecule has 0 unspecified atom stereocenters. The average molecular weight is 375 g/mol. The number of aromatic amines is 1. The molecule has 5 heterocycles. The Kier molecular flexibility index (Phi) is 3.82. The van der Waals surface area contributed by atoms with Gasteiger partial charge < -0.3 is 18.8 Å². The van der Waals surface area contributed by atoms with Crippen LogP contribution in [0.1, 0.15) is 27.4 Å². The topological polar surface area (TPSA) is 101 Å². The van der Waals surface area contributed by atoms with Gasteiger partial charge in [0.25, 0.3) is 11.8 Å². The number of pyridine rings is 1. The number of furan rings is 1. The van der Waals surface area contributed by atoms with Crippen LogP contribution >= 0.6 is 0 Å². The van der Waals surface area contributed by atoms with Gasteiger partial charge in [0.1, 0.15) is 5.69 Å². The molecule has 1 N–H and O–H groups in total. The van der Waals surface area contributed by atoms with Crippen molar-refractivity contribution >= 4 is 5.91 Å². The highest BCUT2D eigenvalue weighted by molar-refractivity contribution is 5.91. The van der Waals surface area contributed by atoms with Gasteiger partial charge in [0.2, 0.25) is 5.82 Å². The summed E-state index contributed by atoms with van der Waals surface area (Å²) in [6, 6.07) is 7.15. The third-order valence-corrected chi connectivity index (χ3v) is 4.96.